The molecule has 0 fully saturated rings. The van der Waals surface area contributed by atoms with Crippen LogP contribution in [0.3, 0.4) is 0 Å². The van der Waals surface area contributed by atoms with E-state index in [9.17, 15) is 14.9 Å². The van der Waals surface area contributed by atoms with E-state index in [2.05, 4.69) is 10.3 Å². The highest BCUT2D eigenvalue weighted by atomic mass is 35.5. The second-order valence-corrected chi connectivity index (χ2v) is 7.13. The molecule has 9 heteroatoms. The maximum absolute atomic E-state index is 12.2. The summed E-state index contributed by atoms with van der Waals surface area (Å²) in [6.07, 6.45) is 0. The highest BCUT2D eigenvalue weighted by Gasteiger charge is 2.15. The molecule has 0 unspecified atom stereocenters. The van der Waals surface area contributed by atoms with Gasteiger partial charge in [-0.3, -0.25) is 14.9 Å². The van der Waals surface area contributed by atoms with E-state index in [1.807, 2.05) is 19.1 Å². The van der Waals surface area contributed by atoms with Crippen molar-refractivity contribution in [2.24, 2.45) is 0 Å². The molecule has 4 rings (SSSR count). The van der Waals surface area contributed by atoms with E-state index in [1.165, 1.54) is 18.2 Å². The standard InChI is InChI=1S/C22H16ClN3O5/c1-13-6-7-14(10-16(13)23)22-25-17-11-15(8-9-19(17)31-22)24-21(27)12-30-20-5-3-2-4-18(20)26(28)29/h2-11H,12H2,1H3,(H,24,27). The van der Waals surface area contributed by atoms with Crippen LogP contribution in [0.5, 0.6) is 5.75 Å². The number of fused-ring (bicyclic) bond motifs is 1. The van der Waals surface area contributed by atoms with Crippen molar-refractivity contribution in [3.8, 4) is 17.2 Å². The molecule has 1 aromatic heterocycles. The van der Waals surface area contributed by atoms with Gasteiger partial charge in [-0.15, -0.1) is 0 Å². The number of halogens is 1. The van der Waals surface area contributed by atoms with Crippen molar-refractivity contribution < 1.29 is 18.9 Å². The van der Waals surface area contributed by atoms with Crippen LogP contribution in [-0.2, 0) is 4.79 Å². The second kappa shape index (κ2) is 8.45. The highest BCUT2D eigenvalue weighted by Crippen LogP contribution is 2.29. The number of nitro groups is 1. The van der Waals surface area contributed by atoms with Crippen LogP contribution in [0.15, 0.2) is 65.1 Å². The number of carbonyl (C=O) groups excluding carboxylic acids is 1. The van der Waals surface area contributed by atoms with Crippen LogP contribution in [0.1, 0.15) is 5.56 Å². The molecular formula is C22H16ClN3O5. The van der Waals surface area contributed by atoms with Gasteiger partial charge in [-0.2, -0.15) is 0 Å². The molecule has 0 radical (unpaired) electrons. The molecule has 31 heavy (non-hydrogen) atoms. The monoisotopic (exact) mass is 437 g/mol. The van der Waals surface area contributed by atoms with Gasteiger partial charge in [0.05, 0.1) is 4.92 Å². The summed E-state index contributed by atoms with van der Waals surface area (Å²) in [5.74, 6) is -0.0253. The molecule has 1 N–H and O–H groups in total. The first-order chi connectivity index (χ1) is 14.9. The molecular weight excluding hydrogens is 422 g/mol. The third-order valence-corrected chi connectivity index (χ3v) is 4.92. The zero-order valence-electron chi connectivity index (χ0n) is 16.3. The summed E-state index contributed by atoms with van der Waals surface area (Å²) >= 11 is 6.18. The fourth-order valence-corrected chi connectivity index (χ4v) is 3.11. The third-order valence-electron chi connectivity index (χ3n) is 4.51. The molecule has 0 saturated heterocycles. The van der Waals surface area contributed by atoms with Crippen molar-refractivity contribution in [2.75, 3.05) is 11.9 Å². The number of oxazole rings is 1. The Kier molecular flexibility index (Phi) is 5.55. The van der Waals surface area contributed by atoms with E-state index in [4.69, 9.17) is 20.8 Å². The summed E-state index contributed by atoms with van der Waals surface area (Å²) < 4.78 is 11.1. The predicted octanol–water partition coefficient (Wildman–Crippen LogP) is 5.38. The number of nitro benzene ring substituents is 1. The van der Waals surface area contributed by atoms with E-state index < -0.39 is 10.8 Å². The van der Waals surface area contributed by atoms with E-state index in [0.29, 0.717) is 27.7 Å². The lowest BCUT2D eigenvalue weighted by Gasteiger charge is -2.07. The Balaban J connectivity index is 1.47. The lowest BCUT2D eigenvalue weighted by atomic mass is 10.1. The smallest absolute Gasteiger partial charge is 0.310 e. The average molecular weight is 438 g/mol. The normalized spacial score (nSPS) is 10.8. The molecule has 0 aliphatic carbocycles. The van der Waals surface area contributed by atoms with Crippen molar-refractivity contribution in [2.45, 2.75) is 6.92 Å². The molecule has 4 aromatic rings. The molecule has 0 bridgehead atoms. The summed E-state index contributed by atoms with van der Waals surface area (Å²) in [4.78, 5) is 27.2. The minimum absolute atomic E-state index is 0.0241. The van der Waals surface area contributed by atoms with Crippen molar-refractivity contribution in [1.29, 1.82) is 0 Å². The quantitative estimate of drug-likeness (QED) is 0.320. The van der Waals surface area contributed by atoms with Crippen LogP contribution in [0, 0.1) is 17.0 Å². The van der Waals surface area contributed by atoms with Gasteiger partial charge in [-0.1, -0.05) is 29.8 Å². The summed E-state index contributed by atoms with van der Waals surface area (Å²) in [5.41, 5.74) is 3.10. The highest BCUT2D eigenvalue weighted by molar-refractivity contribution is 6.31. The molecule has 3 aromatic carbocycles. The van der Waals surface area contributed by atoms with Gasteiger partial charge in [0.15, 0.2) is 17.9 Å². The van der Waals surface area contributed by atoms with Crippen molar-refractivity contribution in [3.63, 3.8) is 0 Å². The Hall–Kier alpha value is -3.91. The molecule has 1 heterocycles. The number of hydrogen-bond acceptors (Lipinski definition) is 6. The Labute approximate surface area is 181 Å². The van der Waals surface area contributed by atoms with Gasteiger partial charge in [0.25, 0.3) is 5.91 Å². The number of nitrogens with one attached hydrogen (secondary N) is 1. The van der Waals surface area contributed by atoms with Crippen LogP contribution in [-0.4, -0.2) is 22.4 Å². The average Bonchev–Trinajstić information content (AvgIpc) is 3.17. The van der Waals surface area contributed by atoms with E-state index >= 15 is 0 Å². The van der Waals surface area contributed by atoms with Gasteiger partial charge in [-0.25, -0.2) is 4.98 Å². The maximum atomic E-state index is 12.2. The molecule has 0 aliphatic heterocycles. The first-order valence-corrected chi connectivity index (χ1v) is 9.62. The summed E-state index contributed by atoms with van der Waals surface area (Å²) in [6.45, 7) is 1.53. The summed E-state index contributed by atoms with van der Waals surface area (Å²) in [5, 5.41) is 14.3. The van der Waals surface area contributed by atoms with Gasteiger partial charge < -0.3 is 14.5 Å². The number of aryl methyl sites for hydroxylation is 1. The number of hydrogen-bond donors (Lipinski definition) is 1. The number of anilines is 1. The Bertz CT molecular complexity index is 1300. The number of amides is 1. The zero-order chi connectivity index (χ0) is 22.0. The van der Waals surface area contributed by atoms with Crippen LogP contribution in [0.25, 0.3) is 22.6 Å². The zero-order valence-corrected chi connectivity index (χ0v) is 17.1. The minimum Gasteiger partial charge on any atom is -0.477 e. The molecule has 1 amide bonds. The number of ether oxygens (including phenoxy) is 1. The van der Waals surface area contributed by atoms with Gasteiger partial charge in [0.2, 0.25) is 5.89 Å². The fourth-order valence-electron chi connectivity index (χ4n) is 2.92. The minimum atomic E-state index is -0.565. The largest absolute Gasteiger partial charge is 0.477 e. The van der Waals surface area contributed by atoms with Crippen molar-refractivity contribution in [3.05, 3.63) is 81.4 Å². The van der Waals surface area contributed by atoms with Crippen LogP contribution in [0.2, 0.25) is 5.02 Å². The molecule has 0 saturated carbocycles. The number of rotatable bonds is 6. The lowest BCUT2D eigenvalue weighted by molar-refractivity contribution is -0.385. The second-order valence-electron chi connectivity index (χ2n) is 6.73. The van der Waals surface area contributed by atoms with Crippen molar-refractivity contribution in [1.82, 2.24) is 4.98 Å². The van der Waals surface area contributed by atoms with E-state index in [1.54, 1.807) is 30.3 Å². The Morgan fingerprint density at radius 1 is 1.19 bits per heavy atom. The van der Waals surface area contributed by atoms with Gasteiger partial charge in [-0.05, 0) is 48.9 Å². The molecule has 0 atom stereocenters. The SMILES string of the molecule is Cc1ccc(-c2nc3cc(NC(=O)COc4ccccc4[N+](=O)[O-])ccc3o2)cc1Cl. The first-order valence-electron chi connectivity index (χ1n) is 9.24. The Morgan fingerprint density at radius 2 is 2.00 bits per heavy atom. The van der Waals surface area contributed by atoms with Gasteiger partial charge in [0, 0.05) is 22.3 Å². The van der Waals surface area contributed by atoms with Crippen LogP contribution < -0.4 is 10.1 Å². The molecule has 156 valence electrons. The van der Waals surface area contributed by atoms with E-state index in [-0.39, 0.29) is 18.0 Å². The number of carbonyl (C=O) groups is 1. The van der Waals surface area contributed by atoms with Crippen LogP contribution in [0.4, 0.5) is 11.4 Å². The first kappa shape index (κ1) is 20.4. The summed E-state index contributed by atoms with van der Waals surface area (Å²) in [6, 6.07) is 16.4. The maximum Gasteiger partial charge on any atom is 0.310 e. The number of nitrogens with zero attached hydrogens (tertiary/aromatic N) is 2. The topological polar surface area (TPSA) is 108 Å². The fraction of sp³-hybridized carbons (Fsp3) is 0.0909. The molecule has 0 spiro atoms. The number of benzene rings is 3. The predicted molar refractivity (Wildman–Crippen MR) is 116 cm³/mol. The third kappa shape index (κ3) is 4.49. The summed E-state index contributed by atoms with van der Waals surface area (Å²) in [7, 11) is 0. The van der Waals surface area contributed by atoms with Crippen molar-refractivity contribution >= 4 is 40.0 Å². The molecule has 0 aliphatic rings. The molecule has 8 nitrogen and oxygen atoms in total. The Morgan fingerprint density at radius 3 is 2.77 bits per heavy atom. The van der Waals surface area contributed by atoms with E-state index in [0.717, 1.165) is 11.1 Å². The number of para-hydroxylation sites is 2. The van der Waals surface area contributed by atoms with Gasteiger partial charge in [0.1, 0.15) is 5.52 Å². The van der Waals surface area contributed by atoms with Gasteiger partial charge >= 0.3 is 5.69 Å². The number of aromatic nitrogens is 1. The van der Waals surface area contributed by atoms with Crippen LogP contribution >= 0.6 is 11.6 Å². The lowest BCUT2D eigenvalue weighted by Crippen LogP contribution is -2.20.